The van der Waals surface area contributed by atoms with Gasteiger partial charge < -0.3 is 34.6 Å². The number of aryl methyl sites for hydroxylation is 1. The van der Waals surface area contributed by atoms with Gasteiger partial charge in [0.1, 0.15) is 22.5 Å². The molecule has 11 nitrogen and oxygen atoms in total. The average molecular weight is 614 g/mol. The van der Waals surface area contributed by atoms with E-state index in [1.807, 2.05) is 62.4 Å². The summed E-state index contributed by atoms with van der Waals surface area (Å²) in [6.07, 6.45) is 4.45. The number of methoxy groups -OCH3 is 1. The Kier molecular flexibility index (Phi) is 7.07. The first-order valence-electron chi connectivity index (χ1n) is 16.0. The van der Waals surface area contributed by atoms with E-state index in [1.54, 1.807) is 7.11 Å². The lowest BCUT2D eigenvalue weighted by molar-refractivity contribution is 0.0484. The summed E-state index contributed by atoms with van der Waals surface area (Å²) >= 11 is 0. The van der Waals surface area contributed by atoms with E-state index in [9.17, 15) is 9.59 Å². The van der Waals surface area contributed by atoms with E-state index in [-0.39, 0.29) is 30.1 Å². The van der Waals surface area contributed by atoms with E-state index >= 15 is 0 Å². The van der Waals surface area contributed by atoms with E-state index in [1.165, 1.54) is 12.8 Å². The molecular formula is C34H43N7O4. The summed E-state index contributed by atoms with van der Waals surface area (Å²) in [5.74, 6) is 1.93. The van der Waals surface area contributed by atoms with Crippen molar-refractivity contribution in [2.75, 3.05) is 7.11 Å². The standard InChI is InChI=1S/C34H43N7O4/c1-18(35)23-11-9-20-14-27(40(30(20)36-23)17-19-7-8-19)31-37-25-13-21(15-28(44-6)29(25)39(31)5)32(42)41-22-10-12-26(41)24(16-22)38-33(43)45-34(2,3)4/h9,11,13-15,18-19,22,24,26H,7-8,10,12,16-17,35H2,1-6H3,(H,38,43)/t18-,22?,24-,26-/m1/s1. The number of carbonyl (C=O) groups excluding carboxylic acids is 2. The molecule has 7 rings (SSSR count). The number of carbonyl (C=O) groups is 2. The summed E-state index contributed by atoms with van der Waals surface area (Å²) in [5, 5.41) is 4.06. The molecule has 4 atom stereocenters. The Morgan fingerprint density at radius 2 is 1.89 bits per heavy atom. The minimum absolute atomic E-state index is 0.0650. The number of alkyl carbamates (subject to hydrolysis) is 1. The molecule has 1 aromatic carbocycles. The molecule has 4 aromatic rings. The molecule has 238 valence electrons. The molecule has 3 aliphatic rings. The average Bonchev–Trinajstić information content (AvgIpc) is 3.29. The Morgan fingerprint density at radius 3 is 2.58 bits per heavy atom. The summed E-state index contributed by atoms with van der Waals surface area (Å²) in [7, 11) is 3.61. The summed E-state index contributed by atoms with van der Waals surface area (Å²) < 4.78 is 15.7. The highest BCUT2D eigenvalue weighted by molar-refractivity contribution is 6.01. The molecule has 2 saturated heterocycles. The van der Waals surface area contributed by atoms with Gasteiger partial charge >= 0.3 is 6.09 Å². The lowest BCUT2D eigenvalue weighted by atomic mass is 9.96. The van der Waals surface area contributed by atoms with Crippen molar-refractivity contribution >= 4 is 34.1 Å². The largest absolute Gasteiger partial charge is 0.494 e. The smallest absolute Gasteiger partial charge is 0.407 e. The molecule has 45 heavy (non-hydrogen) atoms. The first-order chi connectivity index (χ1) is 21.4. The zero-order valence-corrected chi connectivity index (χ0v) is 27.0. The Bertz CT molecular complexity index is 1810. The molecule has 1 saturated carbocycles. The van der Waals surface area contributed by atoms with E-state index in [0.717, 1.165) is 53.1 Å². The number of aromatic nitrogens is 4. The predicted octanol–water partition coefficient (Wildman–Crippen LogP) is 5.30. The first-order valence-corrected chi connectivity index (χ1v) is 16.0. The number of hydrogen-bond acceptors (Lipinski definition) is 7. The third kappa shape index (κ3) is 5.30. The van der Waals surface area contributed by atoms with E-state index in [4.69, 9.17) is 25.2 Å². The van der Waals surface area contributed by atoms with Gasteiger partial charge in [0, 0.05) is 36.6 Å². The fourth-order valence-electron chi connectivity index (χ4n) is 7.21. The molecule has 1 aliphatic carbocycles. The number of imidazole rings is 1. The van der Waals surface area contributed by atoms with Gasteiger partial charge in [0.05, 0.1) is 36.1 Å². The quantitative estimate of drug-likeness (QED) is 0.289. The lowest BCUT2D eigenvalue weighted by Crippen LogP contribution is -2.46. The summed E-state index contributed by atoms with van der Waals surface area (Å²) in [4.78, 5) is 38.6. The van der Waals surface area contributed by atoms with Crippen molar-refractivity contribution in [3.8, 4) is 17.3 Å². The van der Waals surface area contributed by atoms with Crippen LogP contribution in [-0.4, -0.2) is 66.8 Å². The summed E-state index contributed by atoms with van der Waals surface area (Å²) in [6, 6.07) is 9.61. The van der Waals surface area contributed by atoms with E-state index in [0.29, 0.717) is 29.2 Å². The maximum Gasteiger partial charge on any atom is 0.407 e. The second-order valence-electron chi connectivity index (χ2n) is 14.1. The van der Waals surface area contributed by atoms with Crippen LogP contribution in [0.25, 0.3) is 33.6 Å². The van der Waals surface area contributed by atoms with Crippen molar-refractivity contribution in [2.45, 2.75) is 96.1 Å². The molecule has 2 amide bonds. The maximum atomic E-state index is 14.1. The first kappa shape index (κ1) is 29.6. The number of ether oxygens (including phenoxy) is 2. The number of pyridine rings is 1. The van der Waals surface area contributed by atoms with Crippen LogP contribution < -0.4 is 15.8 Å². The second kappa shape index (κ2) is 10.8. The molecule has 3 aromatic heterocycles. The fourth-order valence-corrected chi connectivity index (χ4v) is 7.21. The third-order valence-electron chi connectivity index (χ3n) is 9.47. The number of nitrogens with zero attached hydrogens (tertiary/aromatic N) is 5. The number of hydrogen-bond donors (Lipinski definition) is 2. The van der Waals surface area contributed by atoms with Crippen molar-refractivity contribution in [3.05, 3.63) is 41.6 Å². The van der Waals surface area contributed by atoms with Gasteiger partial charge in [-0.15, -0.1) is 0 Å². The highest BCUT2D eigenvalue weighted by atomic mass is 16.6. The summed E-state index contributed by atoms with van der Waals surface area (Å²) in [5.41, 5.74) is 10.4. The van der Waals surface area contributed by atoms with Gasteiger partial charge in [0.2, 0.25) is 0 Å². The summed E-state index contributed by atoms with van der Waals surface area (Å²) in [6.45, 7) is 8.35. The number of nitrogens with one attached hydrogen (secondary N) is 1. The molecule has 5 heterocycles. The lowest BCUT2D eigenvalue weighted by Gasteiger charge is -2.27. The molecule has 3 fully saturated rings. The van der Waals surface area contributed by atoms with Crippen molar-refractivity contribution in [3.63, 3.8) is 0 Å². The van der Waals surface area contributed by atoms with Gasteiger partial charge in [-0.25, -0.2) is 14.8 Å². The molecule has 0 spiro atoms. The monoisotopic (exact) mass is 613 g/mol. The van der Waals surface area contributed by atoms with Gasteiger partial charge in [-0.3, -0.25) is 4.79 Å². The normalized spacial score (nSPS) is 21.9. The molecule has 2 bridgehead atoms. The highest BCUT2D eigenvalue weighted by Crippen LogP contribution is 2.41. The van der Waals surface area contributed by atoms with Gasteiger partial charge in [0.15, 0.2) is 5.82 Å². The van der Waals surface area contributed by atoms with Crippen LogP contribution >= 0.6 is 0 Å². The molecule has 3 N–H and O–H groups in total. The number of fused-ring (bicyclic) bond motifs is 4. The van der Waals surface area contributed by atoms with E-state index < -0.39 is 11.7 Å². The van der Waals surface area contributed by atoms with Crippen LogP contribution in [0.15, 0.2) is 30.3 Å². The predicted molar refractivity (Wildman–Crippen MR) is 172 cm³/mol. The minimum Gasteiger partial charge on any atom is -0.494 e. The van der Waals surface area contributed by atoms with Crippen molar-refractivity contribution in [1.29, 1.82) is 0 Å². The van der Waals surface area contributed by atoms with E-state index in [2.05, 4.69) is 22.0 Å². The molecule has 0 radical (unpaired) electrons. The molecular weight excluding hydrogens is 570 g/mol. The Labute approximate surface area is 263 Å². The van der Waals surface area contributed by atoms with Crippen LogP contribution in [0.4, 0.5) is 4.79 Å². The molecule has 2 aliphatic heterocycles. The molecule has 1 unspecified atom stereocenters. The number of benzene rings is 1. The third-order valence-corrected chi connectivity index (χ3v) is 9.47. The minimum atomic E-state index is -0.584. The van der Waals surface area contributed by atoms with Crippen molar-refractivity contribution < 1.29 is 19.1 Å². The van der Waals surface area contributed by atoms with Gasteiger partial charge in [-0.05, 0) is 96.0 Å². The van der Waals surface area contributed by atoms with Crippen LogP contribution in [0.2, 0.25) is 0 Å². The highest BCUT2D eigenvalue weighted by Gasteiger charge is 2.49. The van der Waals surface area contributed by atoms with Crippen LogP contribution in [0, 0.1) is 5.92 Å². The fraction of sp³-hybridized carbons (Fsp3) is 0.529. The van der Waals surface area contributed by atoms with Crippen molar-refractivity contribution in [1.82, 2.24) is 29.3 Å². The zero-order valence-electron chi connectivity index (χ0n) is 27.0. The Morgan fingerprint density at radius 1 is 1.11 bits per heavy atom. The topological polar surface area (TPSA) is 130 Å². The van der Waals surface area contributed by atoms with Crippen LogP contribution in [0.3, 0.4) is 0 Å². The Hall–Kier alpha value is -4.12. The van der Waals surface area contributed by atoms with Gasteiger partial charge in [-0.1, -0.05) is 0 Å². The van der Waals surface area contributed by atoms with Crippen molar-refractivity contribution in [2.24, 2.45) is 18.7 Å². The maximum absolute atomic E-state index is 14.1. The number of rotatable bonds is 7. The van der Waals surface area contributed by atoms with Crippen LogP contribution in [-0.2, 0) is 18.3 Å². The van der Waals surface area contributed by atoms with Crippen LogP contribution in [0.5, 0.6) is 5.75 Å². The Balaban J connectivity index is 1.24. The van der Waals surface area contributed by atoms with Gasteiger partial charge in [-0.2, -0.15) is 0 Å². The number of amides is 2. The van der Waals surface area contributed by atoms with Crippen LogP contribution in [0.1, 0.15) is 81.9 Å². The number of nitrogens with two attached hydrogens (primary N) is 1. The SMILES string of the molecule is COc1cc(C(=O)N2C3CC[C@@H]2[C@H](NC(=O)OC(C)(C)C)C3)cc2nc(-c3cc4ccc([C@@H](C)N)nc4n3CC3CC3)n(C)c12. The van der Waals surface area contributed by atoms with Gasteiger partial charge in [0.25, 0.3) is 5.91 Å². The zero-order chi connectivity index (χ0) is 31.8. The molecule has 11 heteroatoms. The second-order valence-corrected chi connectivity index (χ2v) is 14.1.